The molecule has 0 radical (unpaired) electrons. The number of nitrogens with one attached hydrogen (secondary N) is 1. The Morgan fingerprint density at radius 1 is 1.20 bits per heavy atom. The number of fused-ring (bicyclic) bond motifs is 1. The normalized spacial score (nSPS) is 10.9. The van der Waals surface area contributed by atoms with E-state index in [4.69, 9.17) is 28.6 Å². The van der Waals surface area contributed by atoms with Crippen molar-refractivity contribution in [2.75, 3.05) is 7.11 Å². The average Bonchev–Trinajstić information content (AvgIpc) is 2.73. The Kier molecular flexibility index (Phi) is 3.28. The first-order valence-corrected chi connectivity index (χ1v) is 6.94. The van der Waals surface area contributed by atoms with Crippen molar-refractivity contribution in [1.29, 1.82) is 0 Å². The number of imidazole rings is 1. The second-order valence-electron chi connectivity index (χ2n) is 4.60. The third-order valence-corrected chi connectivity index (χ3v) is 3.74. The summed E-state index contributed by atoms with van der Waals surface area (Å²) >= 11 is 11.5. The van der Waals surface area contributed by atoms with Crippen LogP contribution in [0.5, 0.6) is 5.75 Å². The summed E-state index contributed by atoms with van der Waals surface area (Å²) in [6.07, 6.45) is 0. The van der Waals surface area contributed by atoms with Crippen LogP contribution in [0.1, 0.15) is 5.56 Å². The molecule has 20 heavy (non-hydrogen) atoms. The lowest BCUT2D eigenvalue weighted by Crippen LogP contribution is -1.98. The molecule has 0 spiro atoms. The number of ether oxygens (including phenoxy) is 1. The monoisotopic (exact) mass is 304 g/mol. The van der Waals surface area contributed by atoms with Gasteiger partial charge in [-0.05, 0) is 55.0 Å². The maximum absolute atomic E-state index is 6.02. The van der Waals surface area contributed by atoms with Crippen molar-refractivity contribution >= 4 is 34.9 Å². The van der Waals surface area contributed by atoms with Gasteiger partial charge in [-0.3, -0.25) is 4.57 Å². The van der Waals surface area contributed by atoms with Gasteiger partial charge in [-0.15, -0.1) is 0 Å². The standard InChI is InChI=1S/C15H13ClN2OS/c1-9-3-6-14(19-2)13(7-9)18-12-5-4-10(16)8-11(12)17-15(18)20/h3-8H,1-2H3,(H,17,20). The first-order valence-electron chi connectivity index (χ1n) is 6.15. The molecule has 5 heteroatoms. The number of hydrogen-bond acceptors (Lipinski definition) is 2. The third-order valence-electron chi connectivity index (χ3n) is 3.22. The molecule has 1 aromatic heterocycles. The highest BCUT2D eigenvalue weighted by Gasteiger charge is 2.11. The molecular weight excluding hydrogens is 292 g/mol. The molecule has 0 aliphatic heterocycles. The Morgan fingerprint density at radius 3 is 2.75 bits per heavy atom. The summed E-state index contributed by atoms with van der Waals surface area (Å²) in [5, 5.41) is 0.678. The molecule has 0 amide bonds. The Bertz CT molecular complexity index is 851. The summed E-state index contributed by atoms with van der Waals surface area (Å²) in [6, 6.07) is 11.7. The molecule has 0 aliphatic carbocycles. The summed E-state index contributed by atoms with van der Waals surface area (Å²) in [4.78, 5) is 3.17. The number of halogens is 1. The van der Waals surface area contributed by atoms with Crippen LogP contribution >= 0.6 is 23.8 Å². The molecule has 0 atom stereocenters. The van der Waals surface area contributed by atoms with E-state index < -0.39 is 0 Å². The summed E-state index contributed by atoms with van der Waals surface area (Å²) in [7, 11) is 1.66. The first kappa shape index (κ1) is 13.2. The van der Waals surface area contributed by atoms with E-state index >= 15 is 0 Å². The van der Waals surface area contributed by atoms with E-state index in [1.807, 2.05) is 41.8 Å². The molecule has 3 nitrogen and oxygen atoms in total. The third kappa shape index (κ3) is 2.11. The molecule has 0 unspecified atom stereocenters. The van der Waals surface area contributed by atoms with Crippen molar-refractivity contribution in [3.63, 3.8) is 0 Å². The fourth-order valence-electron chi connectivity index (χ4n) is 2.30. The molecule has 0 bridgehead atoms. The van der Waals surface area contributed by atoms with E-state index in [9.17, 15) is 0 Å². The molecule has 1 N–H and O–H groups in total. The highest BCUT2D eigenvalue weighted by molar-refractivity contribution is 7.71. The lowest BCUT2D eigenvalue weighted by Gasteiger charge is -2.11. The predicted molar refractivity (Wildman–Crippen MR) is 84.8 cm³/mol. The van der Waals surface area contributed by atoms with Gasteiger partial charge in [0.2, 0.25) is 0 Å². The number of aryl methyl sites for hydroxylation is 1. The van der Waals surface area contributed by atoms with E-state index in [1.165, 1.54) is 0 Å². The average molecular weight is 305 g/mol. The van der Waals surface area contributed by atoms with E-state index in [1.54, 1.807) is 7.11 Å². The van der Waals surface area contributed by atoms with E-state index in [0.29, 0.717) is 9.79 Å². The van der Waals surface area contributed by atoms with Crippen molar-refractivity contribution in [3.05, 3.63) is 51.8 Å². The van der Waals surface area contributed by atoms with Crippen LogP contribution in [0.4, 0.5) is 0 Å². The van der Waals surface area contributed by atoms with Gasteiger partial charge in [0, 0.05) is 5.02 Å². The number of aromatic nitrogens is 2. The fourth-order valence-corrected chi connectivity index (χ4v) is 2.78. The first-order chi connectivity index (χ1) is 9.60. The second-order valence-corrected chi connectivity index (χ2v) is 5.43. The Labute approximate surface area is 126 Å². The summed E-state index contributed by atoms with van der Waals surface area (Å²) < 4.78 is 8.03. The van der Waals surface area contributed by atoms with Gasteiger partial charge in [0.1, 0.15) is 5.75 Å². The van der Waals surface area contributed by atoms with Gasteiger partial charge in [-0.2, -0.15) is 0 Å². The lowest BCUT2D eigenvalue weighted by atomic mass is 10.2. The quantitative estimate of drug-likeness (QED) is 0.698. The highest BCUT2D eigenvalue weighted by atomic mass is 35.5. The lowest BCUT2D eigenvalue weighted by molar-refractivity contribution is 0.413. The minimum Gasteiger partial charge on any atom is -0.495 e. The summed E-state index contributed by atoms with van der Waals surface area (Å²) in [6.45, 7) is 2.04. The van der Waals surface area contributed by atoms with Crippen LogP contribution in [0.3, 0.4) is 0 Å². The van der Waals surface area contributed by atoms with Crippen molar-refractivity contribution in [2.24, 2.45) is 0 Å². The van der Waals surface area contributed by atoms with Gasteiger partial charge in [0.05, 0.1) is 23.8 Å². The smallest absolute Gasteiger partial charge is 0.182 e. The van der Waals surface area contributed by atoms with Crippen LogP contribution in [0.2, 0.25) is 5.02 Å². The number of methoxy groups -OCH3 is 1. The minimum absolute atomic E-state index is 0.617. The zero-order valence-corrected chi connectivity index (χ0v) is 12.7. The zero-order valence-electron chi connectivity index (χ0n) is 11.1. The topological polar surface area (TPSA) is 29.9 Å². The van der Waals surface area contributed by atoms with Crippen LogP contribution in [-0.2, 0) is 0 Å². The minimum atomic E-state index is 0.617. The molecule has 0 saturated heterocycles. The van der Waals surface area contributed by atoms with Crippen molar-refractivity contribution < 1.29 is 4.74 Å². The molecule has 0 aliphatic rings. The maximum atomic E-state index is 6.02. The van der Waals surface area contributed by atoms with E-state index in [-0.39, 0.29) is 0 Å². The molecule has 1 heterocycles. The number of benzene rings is 2. The Hall–Kier alpha value is -1.78. The number of nitrogens with zero attached hydrogens (tertiary/aromatic N) is 1. The van der Waals surface area contributed by atoms with E-state index in [0.717, 1.165) is 28.0 Å². The van der Waals surface area contributed by atoms with Gasteiger partial charge in [0.15, 0.2) is 4.77 Å². The largest absolute Gasteiger partial charge is 0.495 e. The molecule has 3 rings (SSSR count). The van der Waals surface area contributed by atoms with Crippen LogP contribution < -0.4 is 4.74 Å². The molecule has 2 aromatic carbocycles. The predicted octanol–water partition coefficient (Wildman–Crippen LogP) is 4.66. The van der Waals surface area contributed by atoms with Gasteiger partial charge in [0.25, 0.3) is 0 Å². The van der Waals surface area contributed by atoms with Crippen molar-refractivity contribution in [2.45, 2.75) is 6.92 Å². The van der Waals surface area contributed by atoms with Crippen molar-refractivity contribution in [3.8, 4) is 11.4 Å². The Balaban J connectivity index is 2.37. The number of H-pyrrole nitrogens is 1. The van der Waals surface area contributed by atoms with Crippen LogP contribution in [-0.4, -0.2) is 16.7 Å². The molecule has 0 fully saturated rings. The zero-order chi connectivity index (χ0) is 14.3. The molecule has 0 saturated carbocycles. The Morgan fingerprint density at radius 2 is 2.00 bits per heavy atom. The maximum Gasteiger partial charge on any atom is 0.182 e. The SMILES string of the molecule is COc1ccc(C)cc1-n1c(=S)[nH]c2cc(Cl)ccc21. The van der Waals surface area contributed by atoms with Crippen LogP contribution in [0.15, 0.2) is 36.4 Å². The summed E-state index contributed by atoms with van der Waals surface area (Å²) in [5.74, 6) is 0.780. The fraction of sp³-hybridized carbons (Fsp3) is 0.133. The van der Waals surface area contributed by atoms with Crippen LogP contribution in [0.25, 0.3) is 16.7 Å². The summed E-state index contributed by atoms with van der Waals surface area (Å²) in [5.41, 5.74) is 3.95. The van der Waals surface area contributed by atoms with Crippen LogP contribution in [0, 0.1) is 11.7 Å². The van der Waals surface area contributed by atoms with Gasteiger partial charge < -0.3 is 9.72 Å². The number of aromatic amines is 1. The van der Waals surface area contributed by atoms with E-state index in [2.05, 4.69) is 11.1 Å². The molecular formula is C15H13ClN2OS. The van der Waals surface area contributed by atoms with Gasteiger partial charge >= 0.3 is 0 Å². The molecule has 102 valence electrons. The van der Waals surface area contributed by atoms with Gasteiger partial charge in [-0.1, -0.05) is 17.7 Å². The number of hydrogen-bond donors (Lipinski definition) is 1. The second kappa shape index (κ2) is 4.96. The molecule has 3 aromatic rings. The highest BCUT2D eigenvalue weighted by Crippen LogP contribution is 2.29. The van der Waals surface area contributed by atoms with Crippen molar-refractivity contribution in [1.82, 2.24) is 9.55 Å². The number of rotatable bonds is 2. The van der Waals surface area contributed by atoms with Gasteiger partial charge in [-0.25, -0.2) is 0 Å².